The van der Waals surface area contributed by atoms with Crippen LogP contribution in [-0.4, -0.2) is 29.2 Å². The molecule has 7 heteroatoms. The molecule has 0 aromatic heterocycles. The fraction of sp³-hybridized carbons (Fsp3) is 0.462. The molecule has 0 amide bonds. The SMILES string of the molecule is CCCC(Oc1ccc(CNC)cc1[N+](=O)[O-])C(=O)O. The Morgan fingerprint density at radius 1 is 1.55 bits per heavy atom. The third-order valence-corrected chi connectivity index (χ3v) is 2.70. The zero-order chi connectivity index (χ0) is 15.1. The molecule has 1 unspecified atom stereocenters. The minimum Gasteiger partial charge on any atom is -0.479 e. The van der Waals surface area contributed by atoms with Gasteiger partial charge in [-0.25, -0.2) is 4.79 Å². The van der Waals surface area contributed by atoms with Gasteiger partial charge in [0, 0.05) is 12.6 Å². The maximum atomic E-state index is 11.0. The number of nitrogens with zero attached hydrogens (tertiary/aromatic N) is 1. The van der Waals surface area contributed by atoms with E-state index in [4.69, 9.17) is 9.84 Å². The standard InChI is InChI=1S/C13H18N2O5/c1-3-4-12(13(16)17)20-11-6-5-9(8-14-2)7-10(11)15(18)19/h5-7,12,14H,3-4,8H2,1-2H3,(H,16,17). The van der Waals surface area contributed by atoms with Crippen molar-refractivity contribution in [2.75, 3.05) is 7.05 Å². The van der Waals surface area contributed by atoms with Gasteiger partial charge in [0.15, 0.2) is 11.9 Å². The van der Waals surface area contributed by atoms with Gasteiger partial charge in [-0.3, -0.25) is 10.1 Å². The van der Waals surface area contributed by atoms with Crippen LogP contribution in [0.2, 0.25) is 0 Å². The molecule has 1 aromatic carbocycles. The lowest BCUT2D eigenvalue weighted by Gasteiger charge is -2.14. The molecule has 110 valence electrons. The zero-order valence-electron chi connectivity index (χ0n) is 11.5. The molecule has 0 fully saturated rings. The Morgan fingerprint density at radius 2 is 2.25 bits per heavy atom. The molecule has 0 saturated heterocycles. The highest BCUT2D eigenvalue weighted by Crippen LogP contribution is 2.29. The number of nitro benzene ring substituents is 1. The Labute approximate surface area is 116 Å². The van der Waals surface area contributed by atoms with Gasteiger partial charge in [-0.2, -0.15) is 0 Å². The highest BCUT2D eigenvalue weighted by atomic mass is 16.6. The second-order valence-corrected chi connectivity index (χ2v) is 4.32. The molecule has 1 aromatic rings. The van der Waals surface area contributed by atoms with E-state index >= 15 is 0 Å². The molecule has 1 rings (SSSR count). The van der Waals surface area contributed by atoms with Crippen molar-refractivity contribution >= 4 is 11.7 Å². The number of hydrogen-bond donors (Lipinski definition) is 2. The van der Waals surface area contributed by atoms with Crippen LogP contribution in [0.4, 0.5) is 5.69 Å². The predicted molar refractivity (Wildman–Crippen MR) is 72.8 cm³/mol. The molecule has 1 atom stereocenters. The maximum absolute atomic E-state index is 11.0. The lowest BCUT2D eigenvalue weighted by molar-refractivity contribution is -0.386. The van der Waals surface area contributed by atoms with Crippen molar-refractivity contribution in [3.8, 4) is 5.75 Å². The van der Waals surface area contributed by atoms with Crippen LogP contribution < -0.4 is 10.1 Å². The quantitative estimate of drug-likeness (QED) is 0.558. The average Bonchev–Trinajstić information content (AvgIpc) is 2.39. The molecular weight excluding hydrogens is 264 g/mol. The van der Waals surface area contributed by atoms with Crippen molar-refractivity contribution < 1.29 is 19.6 Å². The molecule has 0 saturated carbocycles. The van der Waals surface area contributed by atoms with Gasteiger partial charge in [-0.15, -0.1) is 0 Å². The fourth-order valence-corrected chi connectivity index (χ4v) is 1.77. The van der Waals surface area contributed by atoms with Gasteiger partial charge in [0.2, 0.25) is 0 Å². The number of aliphatic carboxylic acids is 1. The van der Waals surface area contributed by atoms with Crippen LogP contribution >= 0.6 is 0 Å². The number of hydrogen-bond acceptors (Lipinski definition) is 5. The monoisotopic (exact) mass is 282 g/mol. The Kier molecular flexibility index (Phi) is 5.92. The molecule has 0 aliphatic heterocycles. The van der Waals surface area contributed by atoms with Crippen LogP contribution in [-0.2, 0) is 11.3 Å². The lowest BCUT2D eigenvalue weighted by Crippen LogP contribution is -2.27. The molecular formula is C13H18N2O5. The second kappa shape index (κ2) is 7.44. The first kappa shape index (κ1) is 15.9. The summed E-state index contributed by atoms with van der Waals surface area (Å²) in [6, 6.07) is 4.50. The van der Waals surface area contributed by atoms with Crippen molar-refractivity contribution in [2.45, 2.75) is 32.4 Å². The van der Waals surface area contributed by atoms with Gasteiger partial charge in [-0.05, 0) is 25.1 Å². The van der Waals surface area contributed by atoms with E-state index < -0.39 is 17.0 Å². The van der Waals surface area contributed by atoms with E-state index in [1.54, 1.807) is 13.1 Å². The van der Waals surface area contributed by atoms with Crippen molar-refractivity contribution in [2.24, 2.45) is 0 Å². The maximum Gasteiger partial charge on any atom is 0.344 e. The van der Waals surface area contributed by atoms with Crippen LogP contribution in [0.15, 0.2) is 18.2 Å². The van der Waals surface area contributed by atoms with Crippen molar-refractivity contribution in [3.05, 3.63) is 33.9 Å². The van der Waals surface area contributed by atoms with Crippen LogP contribution in [0.25, 0.3) is 0 Å². The highest BCUT2D eigenvalue weighted by molar-refractivity contribution is 5.73. The number of benzene rings is 1. The Hall–Kier alpha value is -2.15. The summed E-state index contributed by atoms with van der Waals surface area (Å²) in [6.45, 7) is 2.31. The third kappa shape index (κ3) is 4.20. The van der Waals surface area contributed by atoms with Gasteiger partial charge in [-0.1, -0.05) is 19.4 Å². The minimum absolute atomic E-state index is 0.0179. The van der Waals surface area contributed by atoms with E-state index in [9.17, 15) is 14.9 Å². The molecule has 7 nitrogen and oxygen atoms in total. The van der Waals surface area contributed by atoms with Gasteiger partial charge >= 0.3 is 11.7 Å². The van der Waals surface area contributed by atoms with Crippen LogP contribution in [0.1, 0.15) is 25.3 Å². The smallest absolute Gasteiger partial charge is 0.344 e. The van der Waals surface area contributed by atoms with E-state index in [1.807, 2.05) is 6.92 Å². The number of ether oxygens (including phenoxy) is 1. The van der Waals surface area contributed by atoms with Gasteiger partial charge in [0.05, 0.1) is 4.92 Å². The van der Waals surface area contributed by atoms with E-state index in [0.29, 0.717) is 19.4 Å². The van der Waals surface area contributed by atoms with Crippen LogP contribution in [0, 0.1) is 10.1 Å². The summed E-state index contributed by atoms with van der Waals surface area (Å²) in [5.41, 5.74) is 0.508. The largest absolute Gasteiger partial charge is 0.479 e. The molecule has 2 N–H and O–H groups in total. The third-order valence-electron chi connectivity index (χ3n) is 2.70. The molecule has 0 radical (unpaired) electrons. The Morgan fingerprint density at radius 3 is 2.75 bits per heavy atom. The van der Waals surface area contributed by atoms with Gasteiger partial charge in [0.25, 0.3) is 0 Å². The normalized spacial score (nSPS) is 11.9. The summed E-state index contributed by atoms with van der Waals surface area (Å²) in [5.74, 6) is -1.14. The zero-order valence-corrected chi connectivity index (χ0v) is 11.5. The minimum atomic E-state index is -1.12. The van der Waals surface area contributed by atoms with E-state index in [0.717, 1.165) is 5.56 Å². The van der Waals surface area contributed by atoms with Crippen LogP contribution in [0.5, 0.6) is 5.75 Å². The number of carboxylic acid groups (broad SMARTS) is 1. The Bertz CT molecular complexity index is 490. The Balaban J connectivity index is 3.03. The van der Waals surface area contributed by atoms with Crippen molar-refractivity contribution in [3.63, 3.8) is 0 Å². The first-order valence-corrected chi connectivity index (χ1v) is 6.31. The number of carboxylic acids is 1. The summed E-state index contributed by atoms with van der Waals surface area (Å²) in [4.78, 5) is 21.5. The lowest BCUT2D eigenvalue weighted by atomic mass is 10.1. The number of nitrogens with one attached hydrogen (secondary N) is 1. The summed E-state index contributed by atoms with van der Waals surface area (Å²) in [5, 5.41) is 23.0. The highest BCUT2D eigenvalue weighted by Gasteiger charge is 2.23. The van der Waals surface area contributed by atoms with E-state index in [-0.39, 0.29) is 11.4 Å². The summed E-state index contributed by atoms with van der Waals surface area (Å²) >= 11 is 0. The van der Waals surface area contributed by atoms with E-state index in [2.05, 4.69) is 5.32 Å². The summed E-state index contributed by atoms with van der Waals surface area (Å²) in [7, 11) is 1.73. The average molecular weight is 282 g/mol. The summed E-state index contributed by atoms with van der Waals surface area (Å²) < 4.78 is 5.28. The predicted octanol–water partition coefficient (Wildman–Crippen LogP) is 1.95. The molecule has 0 aliphatic rings. The van der Waals surface area contributed by atoms with Crippen molar-refractivity contribution in [1.29, 1.82) is 0 Å². The second-order valence-electron chi connectivity index (χ2n) is 4.32. The topological polar surface area (TPSA) is 102 Å². The summed E-state index contributed by atoms with van der Waals surface area (Å²) in [6.07, 6.45) is -0.165. The molecule has 0 aliphatic carbocycles. The van der Waals surface area contributed by atoms with Gasteiger partial charge < -0.3 is 15.2 Å². The molecule has 0 bridgehead atoms. The van der Waals surface area contributed by atoms with E-state index in [1.165, 1.54) is 12.1 Å². The van der Waals surface area contributed by atoms with Crippen LogP contribution in [0.3, 0.4) is 0 Å². The number of carbonyl (C=O) groups is 1. The molecule has 0 heterocycles. The van der Waals surface area contributed by atoms with Crippen molar-refractivity contribution in [1.82, 2.24) is 5.32 Å². The fourth-order valence-electron chi connectivity index (χ4n) is 1.77. The number of nitro groups is 1. The van der Waals surface area contributed by atoms with Gasteiger partial charge in [0.1, 0.15) is 0 Å². The first-order valence-electron chi connectivity index (χ1n) is 6.31. The first-order chi connectivity index (χ1) is 9.49. The number of rotatable bonds is 8. The molecule has 0 spiro atoms. The molecule has 20 heavy (non-hydrogen) atoms.